The molecule has 0 aliphatic heterocycles. The van der Waals surface area contributed by atoms with Crippen LogP contribution in [0.15, 0.2) is 215 Å². The molecule has 0 atom stereocenters. The van der Waals surface area contributed by atoms with Crippen LogP contribution in [0.3, 0.4) is 0 Å². The summed E-state index contributed by atoms with van der Waals surface area (Å²) in [6.07, 6.45) is 0. The van der Waals surface area contributed by atoms with Gasteiger partial charge in [-0.15, -0.1) is 0 Å². The molecule has 0 aliphatic rings. The maximum atomic E-state index is 6.59. The Labute approximate surface area is 329 Å². The van der Waals surface area contributed by atoms with Crippen LogP contribution in [0, 0.1) is 0 Å². The van der Waals surface area contributed by atoms with Crippen LogP contribution >= 0.6 is 0 Å². The lowest BCUT2D eigenvalue weighted by atomic mass is 9.92. The molecule has 0 amide bonds. The number of para-hydroxylation sites is 2. The molecule has 11 rings (SSSR count). The molecule has 9 aromatic carbocycles. The molecule has 57 heavy (non-hydrogen) atoms. The number of fused-ring (bicyclic) bond motifs is 5. The highest BCUT2D eigenvalue weighted by molar-refractivity contribution is 6.17. The number of aromatic nitrogens is 1. The summed E-state index contributed by atoms with van der Waals surface area (Å²) in [4.78, 5) is 7.18. The summed E-state index contributed by atoms with van der Waals surface area (Å²) < 4.78 is 12.8. The van der Waals surface area contributed by atoms with E-state index in [4.69, 9.17) is 13.8 Å². The molecule has 11 aromatic rings. The minimum Gasteiger partial charge on any atom is -0.456 e. The number of benzene rings is 9. The Kier molecular flexibility index (Phi) is 7.78. The largest absolute Gasteiger partial charge is 0.456 e. The fourth-order valence-corrected chi connectivity index (χ4v) is 8.20. The fraction of sp³-hybridized carbons (Fsp3) is 0. The summed E-state index contributed by atoms with van der Waals surface area (Å²) >= 11 is 0. The van der Waals surface area contributed by atoms with Crippen molar-refractivity contribution in [2.45, 2.75) is 0 Å². The van der Waals surface area contributed by atoms with Crippen LogP contribution in [0.25, 0.3) is 88.6 Å². The van der Waals surface area contributed by atoms with Gasteiger partial charge < -0.3 is 13.7 Å². The van der Waals surface area contributed by atoms with E-state index < -0.39 is 0 Å². The van der Waals surface area contributed by atoms with Crippen molar-refractivity contribution >= 4 is 60.9 Å². The van der Waals surface area contributed by atoms with Crippen molar-refractivity contribution in [3.05, 3.63) is 206 Å². The molecule has 4 heteroatoms. The lowest BCUT2D eigenvalue weighted by molar-refractivity contribution is 0.620. The number of rotatable bonds is 7. The Morgan fingerprint density at radius 3 is 1.54 bits per heavy atom. The Bertz CT molecular complexity index is 3100. The Balaban J connectivity index is 1.07. The summed E-state index contributed by atoms with van der Waals surface area (Å²) in [6.45, 7) is 0. The molecule has 0 aliphatic carbocycles. The Morgan fingerprint density at radius 2 is 0.877 bits per heavy atom. The molecule has 0 saturated carbocycles. The second kappa shape index (κ2) is 13.6. The second-order valence-electron chi connectivity index (χ2n) is 14.3. The summed E-state index contributed by atoms with van der Waals surface area (Å²) in [6, 6.07) is 72.3. The molecule has 2 aromatic heterocycles. The average molecular weight is 731 g/mol. The van der Waals surface area contributed by atoms with Gasteiger partial charge in [-0.1, -0.05) is 140 Å². The maximum Gasteiger partial charge on any atom is 0.227 e. The van der Waals surface area contributed by atoms with E-state index in [0.717, 1.165) is 77.6 Å². The van der Waals surface area contributed by atoms with Crippen molar-refractivity contribution in [2.24, 2.45) is 0 Å². The molecule has 0 fully saturated rings. The molecule has 0 unspecified atom stereocenters. The Hall–Kier alpha value is -7.69. The molecule has 268 valence electrons. The van der Waals surface area contributed by atoms with Gasteiger partial charge >= 0.3 is 0 Å². The van der Waals surface area contributed by atoms with Gasteiger partial charge in [-0.05, 0) is 111 Å². The molecule has 0 radical (unpaired) electrons. The first-order chi connectivity index (χ1) is 28.2. The van der Waals surface area contributed by atoms with Crippen molar-refractivity contribution in [3.63, 3.8) is 0 Å². The molecule has 0 saturated heterocycles. The maximum absolute atomic E-state index is 6.59. The first kappa shape index (κ1) is 32.7. The van der Waals surface area contributed by atoms with Crippen molar-refractivity contribution in [1.29, 1.82) is 0 Å². The number of anilines is 3. The highest BCUT2D eigenvalue weighted by atomic mass is 16.3. The fourth-order valence-electron chi connectivity index (χ4n) is 8.20. The quantitative estimate of drug-likeness (QED) is 0.164. The second-order valence-corrected chi connectivity index (χ2v) is 14.3. The van der Waals surface area contributed by atoms with E-state index in [9.17, 15) is 0 Å². The van der Waals surface area contributed by atoms with Crippen LogP contribution in [0.1, 0.15) is 0 Å². The van der Waals surface area contributed by atoms with Crippen molar-refractivity contribution in [2.75, 3.05) is 4.90 Å². The standard InChI is InChI=1S/C53H34N2O2/c1-3-12-35(13-4-1)37-22-26-39(27-23-37)55(40-28-24-38(25-29-40)36-14-5-2-6-15-36)41-30-33-49-47(34-41)52-45(18-11-21-51(52)56-49)44-31-32-46(43-17-8-7-16-42(43)44)53-54-48-19-9-10-20-50(48)57-53/h1-34H. The van der Waals surface area contributed by atoms with Gasteiger partial charge in [0, 0.05) is 33.4 Å². The zero-order valence-corrected chi connectivity index (χ0v) is 30.8. The monoisotopic (exact) mass is 730 g/mol. The zero-order chi connectivity index (χ0) is 37.7. The van der Waals surface area contributed by atoms with E-state index in [1.807, 2.05) is 24.3 Å². The van der Waals surface area contributed by atoms with Crippen LogP contribution in [0.2, 0.25) is 0 Å². The van der Waals surface area contributed by atoms with Crippen molar-refractivity contribution in [3.8, 4) is 44.8 Å². The summed E-state index contributed by atoms with van der Waals surface area (Å²) in [5, 5.41) is 4.33. The Morgan fingerprint density at radius 1 is 0.333 bits per heavy atom. The number of furan rings is 1. The minimum atomic E-state index is 0.615. The van der Waals surface area contributed by atoms with Gasteiger partial charge in [0.15, 0.2) is 5.58 Å². The van der Waals surface area contributed by atoms with Crippen molar-refractivity contribution < 1.29 is 8.83 Å². The van der Waals surface area contributed by atoms with Crippen LogP contribution < -0.4 is 4.90 Å². The van der Waals surface area contributed by atoms with Gasteiger partial charge in [0.2, 0.25) is 5.89 Å². The minimum absolute atomic E-state index is 0.615. The topological polar surface area (TPSA) is 42.4 Å². The van der Waals surface area contributed by atoms with E-state index in [2.05, 4.69) is 187 Å². The molecule has 4 nitrogen and oxygen atoms in total. The lowest BCUT2D eigenvalue weighted by Gasteiger charge is -2.26. The lowest BCUT2D eigenvalue weighted by Crippen LogP contribution is -2.09. The van der Waals surface area contributed by atoms with Crippen LogP contribution in [0.5, 0.6) is 0 Å². The molecule has 0 spiro atoms. The molecule has 0 bridgehead atoms. The predicted octanol–water partition coefficient (Wildman–Crippen LogP) is 15.0. The molecule has 2 heterocycles. The van der Waals surface area contributed by atoms with Crippen LogP contribution in [0.4, 0.5) is 17.1 Å². The smallest absolute Gasteiger partial charge is 0.227 e. The molecule has 0 N–H and O–H groups in total. The number of oxazole rings is 1. The van der Waals surface area contributed by atoms with Crippen LogP contribution in [-0.4, -0.2) is 4.98 Å². The van der Waals surface area contributed by atoms with E-state index in [1.54, 1.807) is 0 Å². The summed E-state index contributed by atoms with van der Waals surface area (Å²) in [5.74, 6) is 0.615. The van der Waals surface area contributed by atoms with E-state index in [0.29, 0.717) is 5.89 Å². The highest BCUT2D eigenvalue weighted by Crippen LogP contribution is 2.44. The number of hydrogen-bond acceptors (Lipinski definition) is 4. The van der Waals surface area contributed by atoms with E-state index >= 15 is 0 Å². The van der Waals surface area contributed by atoms with E-state index in [-0.39, 0.29) is 0 Å². The predicted molar refractivity (Wildman–Crippen MR) is 235 cm³/mol. The van der Waals surface area contributed by atoms with Gasteiger partial charge in [0.1, 0.15) is 16.7 Å². The normalized spacial score (nSPS) is 11.5. The number of nitrogens with zero attached hydrogens (tertiary/aromatic N) is 2. The zero-order valence-electron chi connectivity index (χ0n) is 30.8. The van der Waals surface area contributed by atoms with Gasteiger partial charge in [0.25, 0.3) is 0 Å². The first-order valence-corrected chi connectivity index (χ1v) is 19.2. The van der Waals surface area contributed by atoms with Gasteiger partial charge in [-0.3, -0.25) is 0 Å². The highest BCUT2D eigenvalue weighted by Gasteiger charge is 2.20. The third-order valence-corrected chi connectivity index (χ3v) is 10.9. The van der Waals surface area contributed by atoms with Gasteiger partial charge in [-0.2, -0.15) is 0 Å². The third-order valence-electron chi connectivity index (χ3n) is 10.9. The molecular weight excluding hydrogens is 697 g/mol. The van der Waals surface area contributed by atoms with Gasteiger partial charge in [-0.25, -0.2) is 4.98 Å². The summed E-state index contributed by atoms with van der Waals surface area (Å²) in [5.41, 5.74) is 14.4. The third kappa shape index (κ3) is 5.74. The SMILES string of the molecule is c1ccc(-c2ccc(N(c3ccc(-c4ccccc4)cc3)c3ccc4oc5cccc(-c6ccc(-c7nc8ccccc8o7)c7ccccc67)c5c4c3)cc2)cc1. The summed E-state index contributed by atoms with van der Waals surface area (Å²) in [7, 11) is 0. The van der Waals surface area contributed by atoms with Gasteiger partial charge in [0.05, 0.1) is 0 Å². The molecular formula is C53H34N2O2. The first-order valence-electron chi connectivity index (χ1n) is 19.2. The average Bonchev–Trinajstić information content (AvgIpc) is 3.89. The van der Waals surface area contributed by atoms with Crippen LogP contribution in [-0.2, 0) is 0 Å². The number of hydrogen-bond donors (Lipinski definition) is 0. The van der Waals surface area contributed by atoms with E-state index in [1.165, 1.54) is 22.3 Å². The van der Waals surface area contributed by atoms with Crippen molar-refractivity contribution in [1.82, 2.24) is 4.98 Å².